The molecule has 3 N–H and O–H groups in total. The summed E-state index contributed by atoms with van der Waals surface area (Å²) in [5, 5.41) is 9.30. The minimum absolute atomic E-state index is 0. The summed E-state index contributed by atoms with van der Waals surface area (Å²) in [6.07, 6.45) is 0.897. The van der Waals surface area contributed by atoms with Gasteiger partial charge in [-0.1, -0.05) is 17.7 Å². The van der Waals surface area contributed by atoms with E-state index in [9.17, 15) is 4.79 Å². The van der Waals surface area contributed by atoms with Gasteiger partial charge < -0.3 is 20.7 Å². The van der Waals surface area contributed by atoms with Crippen LogP contribution in [0.4, 0.5) is 0 Å². The van der Waals surface area contributed by atoms with Crippen LogP contribution in [0, 0.1) is 6.92 Å². The number of amides is 1. The Balaban J connectivity index is 0.00000576. The van der Waals surface area contributed by atoms with Gasteiger partial charge in [-0.3, -0.25) is 9.79 Å². The highest BCUT2D eigenvalue weighted by molar-refractivity contribution is 14.0. The van der Waals surface area contributed by atoms with E-state index < -0.39 is 0 Å². The van der Waals surface area contributed by atoms with Crippen molar-refractivity contribution in [2.45, 2.75) is 27.2 Å². The largest absolute Gasteiger partial charge is 0.382 e. The number of nitrogens with zero attached hydrogens (tertiary/aromatic N) is 1. The summed E-state index contributed by atoms with van der Waals surface area (Å²) >= 11 is 0. The summed E-state index contributed by atoms with van der Waals surface area (Å²) in [5.41, 5.74) is 1.76. The Labute approximate surface area is 168 Å². The van der Waals surface area contributed by atoms with Gasteiger partial charge in [0.1, 0.15) is 0 Å². The van der Waals surface area contributed by atoms with Gasteiger partial charge in [0, 0.05) is 45.0 Å². The quantitative estimate of drug-likeness (QED) is 0.216. The summed E-state index contributed by atoms with van der Waals surface area (Å²) in [5.74, 6) is 0.706. The van der Waals surface area contributed by atoms with Gasteiger partial charge >= 0.3 is 0 Å². The molecule has 0 spiro atoms. The molecule has 7 heteroatoms. The zero-order valence-electron chi connectivity index (χ0n) is 15.4. The Bertz CT molecular complexity index is 524. The van der Waals surface area contributed by atoms with Crippen molar-refractivity contribution in [3.8, 4) is 0 Å². The second-order valence-electron chi connectivity index (χ2n) is 5.36. The van der Waals surface area contributed by atoms with Gasteiger partial charge in [-0.25, -0.2) is 0 Å². The number of rotatable bonds is 10. The normalized spacial score (nSPS) is 10.8. The molecule has 0 heterocycles. The van der Waals surface area contributed by atoms with Gasteiger partial charge in [-0.2, -0.15) is 0 Å². The Morgan fingerprint density at radius 2 is 1.92 bits per heavy atom. The molecule has 0 aliphatic carbocycles. The van der Waals surface area contributed by atoms with E-state index in [0.717, 1.165) is 37.7 Å². The third-order valence-corrected chi connectivity index (χ3v) is 3.25. The number of ether oxygens (including phenoxy) is 1. The highest BCUT2D eigenvalue weighted by Gasteiger charge is 2.04. The molecule has 0 saturated carbocycles. The SMILES string of the molecule is CCNC(=NCCCOCC)NCCNC(=O)c1cccc(C)c1.I. The lowest BCUT2D eigenvalue weighted by Gasteiger charge is -2.12. The van der Waals surface area contributed by atoms with Gasteiger partial charge in [-0.15, -0.1) is 24.0 Å². The first-order chi connectivity index (χ1) is 11.7. The molecular formula is C18H31IN4O2. The highest BCUT2D eigenvalue weighted by Crippen LogP contribution is 2.03. The maximum atomic E-state index is 12.0. The van der Waals surface area contributed by atoms with E-state index in [4.69, 9.17) is 4.74 Å². The van der Waals surface area contributed by atoms with Gasteiger partial charge in [0.15, 0.2) is 5.96 Å². The van der Waals surface area contributed by atoms with Crippen LogP contribution in [0.5, 0.6) is 0 Å². The minimum Gasteiger partial charge on any atom is -0.382 e. The van der Waals surface area contributed by atoms with Crippen molar-refractivity contribution in [1.29, 1.82) is 0 Å². The standard InChI is InChI=1S/C18H30N4O2.HI/c1-4-19-18(21-10-7-13-24-5-2)22-12-11-20-17(23)16-9-6-8-15(3)14-16;/h6,8-9,14H,4-5,7,10-13H2,1-3H3,(H,20,23)(H2,19,21,22);1H. The number of benzene rings is 1. The van der Waals surface area contributed by atoms with Gasteiger partial charge in [-0.05, 0) is 39.3 Å². The van der Waals surface area contributed by atoms with Crippen LogP contribution >= 0.6 is 24.0 Å². The average Bonchev–Trinajstić information content (AvgIpc) is 2.58. The summed E-state index contributed by atoms with van der Waals surface area (Å²) in [4.78, 5) is 16.5. The third kappa shape index (κ3) is 11.0. The van der Waals surface area contributed by atoms with Crippen molar-refractivity contribution in [3.05, 3.63) is 35.4 Å². The summed E-state index contributed by atoms with van der Waals surface area (Å²) in [7, 11) is 0. The smallest absolute Gasteiger partial charge is 0.251 e. The lowest BCUT2D eigenvalue weighted by atomic mass is 10.1. The van der Waals surface area contributed by atoms with Gasteiger partial charge in [0.05, 0.1) is 0 Å². The predicted molar refractivity (Wildman–Crippen MR) is 114 cm³/mol. The van der Waals surface area contributed by atoms with Crippen LogP contribution in [0.1, 0.15) is 36.2 Å². The van der Waals surface area contributed by atoms with Crippen LogP contribution in [-0.2, 0) is 4.74 Å². The van der Waals surface area contributed by atoms with Crippen molar-refractivity contribution in [2.75, 3.05) is 39.4 Å². The second kappa shape index (κ2) is 14.9. The fraction of sp³-hybridized carbons (Fsp3) is 0.556. The lowest BCUT2D eigenvalue weighted by Crippen LogP contribution is -2.41. The number of carbonyl (C=O) groups is 1. The van der Waals surface area contributed by atoms with Gasteiger partial charge in [0.25, 0.3) is 5.91 Å². The number of nitrogens with one attached hydrogen (secondary N) is 3. The Kier molecular flexibility index (Phi) is 14.1. The monoisotopic (exact) mass is 462 g/mol. The molecule has 0 saturated heterocycles. The molecule has 0 aliphatic rings. The summed E-state index contributed by atoms with van der Waals surface area (Å²) < 4.78 is 5.29. The van der Waals surface area contributed by atoms with E-state index in [1.807, 2.05) is 45.0 Å². The van der Waals surface area contributed by atoms with E-state index in [-0.39, 0.29) is 29.9 Å². The van der Waals surface area contributed by atoms with Crippen LogP contribution in [-0.4, -0.2) is 51.3 Å². The number of hydrogen-bond donors (Lipinski definition) is 3. The van der Waals surface area contributed by atoms with Crippen molar-refractivity contribution in [2.24, 2.45) is 4.99 Å². The molecule has 142 valence electrons. The fourth-order valence-corrected chi connectivity index (χ4v) is 2.09. The zero-order chi connectivity index (χ0) is 17.6. The number of aliphatic imine (C=N–C) groups is 1. The highest BCUT2D eigenvalue weighted by atomic mass is 127. The molecule has 0 fully saturated rings. The molecule has 0 aromatic heterocycles. The molecule has 25 heavy (non-hydrogen) atoms. The third-order valence-electron chi connectivity index (χ3n) is 3.25. The molecular weight excluding hydrogens is 431 g/mol. The Morgan fingerprint density at radius 1 is 1.16 bits per heavy atom. The minimum atomic E-state index is -0.0563. The number of hydrogen-bond acceptors (Lipinski definition) is 3. The number of guanidine groups is 1. The topological polar surface area (TPSA) is 74.8 Å². The van der Waals surface area contributed by atoms with Crippen molar-refractivity contribution < 1.29 is 9.53 Å². The summed E-state index contributed by atoms with van der Waals surface area (Å²) in [6, 6.07) is 7.57. The molecule has 0 atom stereocenters. The zero-order valence-corrected chi connectivity index (χ0v) is 17.8. The molecule has 1 amide bonds. The lowest BCUT2D eigenvalue weighted by molar-refractivity contribution is 0.0954. The second-order valence-corrected chi connectivity index (χ2v) is 5.36. The molecule has 1 aromatic carbocycles. The fourth-order valence-electron chi connectivity index (χ4n) is 2.09. The van der Waals surface area contributed by atoms with Crippen LogP contribution in [0.15, 0.2) is 29.3 Å². The van der Waals surface area contributed by atoms with Crippen molar-refractivity contribution in [3.63, 3.8) is 0 Å². The maximum Gasteiger partial charge on any atom is 0.251 e. The van der Waals surface area contributed by atoms with Crippen molar-refractivity contribution in [1.82, 2.24) is 16.0 Å². The number of halogens is 1. The van der Waals surface area contributed by atoms with Crippen LogP contribution in [0.2, 0.25) is 0 Å². The van der Waals surface area contributed by atoms with E-state index in [0.29, 0.717) is 25.2 Å². The van der Waals surface area contributed by atoms with E-state index in [2.05, 4.69) is 20.9 Å². The Morgan fingerprint density at radius 3 is 2.60 bits per heavy atom. The van der Waals surface area contributed by atoms with E-state index in [1.54, 1.807) is 0 Å². The first-order valence-electron chi connectivity index (χ1n) is 8.62. The molecule has 1 aromatic rings. The molecule has 0 radical (unpaired) electrons. The molecule has 0 unspecified atom stereocenters. The summed E-state index contributed by atoms with van der Waals surface area (Å²) in [6.45, 7) is 10.1. The molecule has 1 rings (SSSR count). The first kappa shape index (κ1) is 23.6. The van der Waals surface area contributed by atoms with Crippen LogP contribution < -0.4 is 16.0 Å². The van der Waals surface area contributed by atoms with Crippen molar-refractivity contribution >= 4 is 35.8 Å². The number of aryl methyl sites for hydroxylation is 1. The first-order valence-corrected chi connectivity index (χ1v) is 8.62. The maximum absolute atomic E-state index is 12.0. The van der Waals surface area contributed by atoms with Gasteiger partial charge in [0.2, 0.25) is 0 Å². The molecule has 6 nitrogen and oxygen atoms in total. The van der Waals surface area contributed by atoms with Crippen LogP contribution in [0.25, 0.3) is 0 Å². The van der Waals surface area contributed by atoms with Crippen LogP contribution in [0.3, 0.4) is 0 Å². The Hall–Kier alpha value is -1.35. The molecule has 0 bridgehead atoms. The van der Waals surface area contributed by atoms with E-state index in [1.165, 1.54) is 0 Å². The average molecular weight is 462 g/mol. The van der Waals surface area contributed by atoms with E-state index >= 15 is 0 Å². The molecule has 0 aliphatic heterocycles. The number of carbonyl (C=O) groups excluding carboxylic acids is 1. The predicted octanol–water partition coefficient (Wildman–Crippen LogP) is 2.32.